The van der Waals surface area contributed by atoms with Crippen molar-refractivity contribution in [1.82, 2.24) is 0 Å². The van der Waals surface area contributed by atoms with Crippen molar-refractivity contribution >= 4 is 13.8 Å². The maximum atomic E-state index is 12.6. The Kier molecular flexibility index (Phi) is 37.9. The van der Waals surface area contributed by atoms with E-state index in [1.165, 1.54) is 32.1 Å². The van der Waals surface area contributed by atoms with Crippen LogP contribution in [0.3, 0.4) is 0 Å². The first kappa shape index (κ1) is 53.7. The number of phosphoric acid groups is 1. The van der Waals surface area contributed by atoms with Gasteiger partial charge in [-0.1, -0.05) is 157 Å². The normalized spacial score (nSPS) is 14.6. The summed E-state index contributed by atoms with van der Waals surface area (Å²) in [5.74, 6) is -0.353. The summed E-state index contributed by atoms with van der Waals surface area (Å²) < 4.78 is 34.4. The fraction of sp³-hybridized carbons (Fsp3) is 0.681. The number of rotatable bonds is 39. The van der Waals surface area contributed by atoms with Crippen molar-refractivity contribution in [2.75, 3.05) is 54.1 Å². The zero-order chi connectivity index (χ0) is 41.3. The van der Waals surface area contributed by atoms with Gasteiger partial charge in [0.25, 0.3) is 7.82 Å². The van der Waals surface area contributed by atoms with E-state index in [0.717, 1.165) is 96.3 Å². The Balaban J connectivity index is 4.18. The molecule has 56 heavy (non-hydrogen) atoms. The lowest BCUT2D eigenvalue weighted by molar-refractivity contribution is -0.870. The van der Waals surface area contributed by atoms with Crippen molar-refractivity contribution < 1.29 is 37.3 Å². The maximum Gasteiger partial charge on any atom is 0.306 e. The van der Waals surface area contributed by atoms with Gasteiger partial charge in [0.2, 0.25) is 0 Å². The van der Waals surface area contributed by atoms with Crippen LogP contribution in [0.5, 0.6) is 0 Å². The second kappa shape index (κ2) is 39.5. The zero-order valence-electron chi connectivity index (χ0n) is 36.3. The molecule has 0 aliphatic carbocycles. The van der Waals surface area contributed by atoms with E-state index >= 15 is 0 Å². The van der Waals surface area contributed by atoms with Crippen molar-refractivity contribution in [2.45, 2.75) is 155 Å². The highest BCUT2D eigenvalue weighted by Crippen LogP contribution is 2.38. The number of carbonyl (C=O) groups is 1. The van der Waals surface area contributed by atoms with E-state index in [2.05, 4.69) is 98.9 Å². The molecule has 2 unspecified atom stereocenters. The summed E-state index contributed by atoms with van der Waals surface area (Å²) in [6.07, 6.45) is 51.9. The van der Waals surface area contributed by atoms with Gasteiger partial charge in [-0.25, -0.2) is 0 Å². The molecule has 0 bridgehead atoms. The first-order valence-electron chi connectivity index (χ1n) is 21.8. The van der Waals surface area contributed by atoms with Crippen LogP contribution in [-0.4, -0.2) is 70.7 Å². The summed E-state index contributed by atoms with van der Waals surface area (Å²) in [6, 6.07) is 0. The van der Waals surface area contributed by atoms with Gasteiger partial charge in [-0.2, -0.15) is 0 Å². The summed E-state index contributed by atoms with van der Waals surface area (Å²) in [5, 5.41) is 0. The molecule has 8 nitrogen and oxygen atoms in total. The van der Waals surface area contributed by atoms with Crippen molar-refractivity contribution in [3.05, 3.63) is 85.1 Å². The minimum Gasteiger partial charge on any atom is -0.756 e. The Bertz CT molecular complexity index is 1170. The lowest BCUT2D eigenvalue weighted by Crippen LogP contribution is -2.37. The van der Waals surface area contributed by atoms with Gasteiger partial charge in [0, 0.05) is 13.0 Å². The van der Waals surface area contributed by atoms with Gasteiger partial charge in [0.05, 0.1) is 34.4 Å². The molecule has 2 atom stereocenters. The molecule has 0 spiro atoms. The number of ether oxygens (including phenoxy) is 2. The van der Waals surface area contributed by atoms with Crippen LogP contribution in [0, 0.1) is 0 Å². The van der Waals surface area contributed by atoms with Crippen molar-refractivity contribution in [1.29, 1.82) is 0 Å². The molecule has 0 aromatic carbocycles. The highest BCUT2D eigenvalue weighted by Gasteiger charge is 2.20. The van der Waals surface area contributed by atoms with E-state index < -0.39 is 13.9 Å². The van der Waals surface area contributed by atoms with Gasteiger partial charge in [-0.3, -0.25) is 9.36 Å². The molecular weight excluding hydrogens is 721 g/mol. The highest BCUT2D eigenvalue weighted by atomic mass is 31.2. The monoisotopic (exact) mass is 804 g/mol. The lowest BCUT2D eigenvalue weighted by atomic mass is 10.1. The van der Waals surface area contributed by atoms with Crippen LogP contribution in [0.2, 0.25) is 0 Å². The van der Waals surface area contributed by atoms with Crippen LogP contribution in [0.15, 0.2) is 85.1 Å². The molecule has 0 aliphatic heterocycles. The van der Waals surface area contributed by atoms with Gasteiger partial charge in [-0.15, -0.1) is 0 Å². The third-order valence-corrected chi connectivity index (χ3v) is 9.68. The fourth-order valence-electron chi connectivity index (χ4n) is 5.35. The molecule has 0 fully saturated rings. The Hall–Kier alpha value is -2.32. The van der Waals surface area contributed by atoms with Crippen molar-refractivity contribution in [2.24, 2.45) is 0 Å². The van der Waals surface area contributed by atoms with Crippen molar-refractivity contribution in [3.8, 4) is 0 Å². The number of hydrogen-bond acceptors (Lipinski definition) is 7. The molecule has 322 valence electrons. The largest absolute Gasteiger partial charge is 0.756 e. The standard InChI is InChI=1S/C47H82NO7P/c1-6-8-10-12-14-16-17-18-19-20-21-22-23-24-25-26-27-28-29-30-31-32-33-35-37-39-42-52-44-46(45-54-56(50,51)53-43-41-48(3,4)5)55-47(49)40-38-36-34-15-13-11-9-7-2/h8,10,14,16,18-19,21-22,24-25,27-28,30-31,46H,6-7,9,11-13,15,17,20,23,26,29,32-45H2,1-5H3/b10-8-,16-14-,19-18-,22-21-,25-24-,28-27-,31-30-. The minimum atomic E-state index is -4.53. The molecular formula is C47H82NO7P. The number of phosphoric ester groups is 1. The molecule has 0 aromatic heterocycles. The minimum absolute atomic E-state index is 0.0168. The van der Waals surface area contributed by atoms with Crippen LogP contribution in [0.1, 0.15) is 149 Å². The Morgan fingerprint density at radius 2 is 1.04 bits per heavy atom. The summed E-state index contributed by atoms with van der Waals surface area (Å²) >= 11 is 0. The average molecular weight is 804 g/mol. The zero-order valence-corrected chi connectivity index (χ0v) is 37.2. The number of hydrogen-bond donors (Lipinski definition) is 0. The number of esters is 1. The number of nitrogens with zero attached hydrogens (tertiary/aromatic N) is 1. The van der Waals surface area contributed by atoms with Crippen LogP contribution in [0.25, 0.3) is 0 Å². The predicted molar refractivity (Wildman–Crippen MR) is 235 cm³/mol. The van der Waals surface area contributed by atoms with E-state index in [0.29, 0.717) is 24.1 Å². The van der Waals surface area contributed by atoms with E-state index in [4.69, 9.17) is 18.5 Å². The molecule has 0 radical (unpaired) electrons. The molecule has 0 N–H and O–H groups in total. The predicted octanol–water partition coefficient (Wildman–Crippen LogP) is 12.2. The van der Waals surface area contributed by atoms with Crippen LogP contribution >= 0.6 is 7.82 Å². The number of likely N-dealkylation sites (N-methyl/N-ethyl adjacent to an activating group) is 1. The van der Waals surface area contributed by atoms with Crippen molar-refractivity contribution in [3.63, 3.8) is 0 Å². The van der Waals surface area contributed by atoms with Gasteiger partial charge >= 0.3 is 5.97 Å². The summed E-state index contributed by atoms with van der Waals surface area (Å²) in [6.45, 7) is 5.17. The second-order valence-corrected chi connectivity index (χ2v) is 16.7. The quantitative estimate of drug-likeness (QED) is 0.0201. The number of quaternary nitrogens is 1. The van der Waals surface area contributed by atoms with E-state index in [1.54, 1.807) is 0 Å². The molecule has 0 saturated carbocycles. The number of allylic oxidation sites excluding steroid dienone is 14. The molecule has 0 amide bonds. The van der Waals surface area contributed by atoms with Gasteiger partial charge < -0.3 is 27.9 Å². The number of carbonyl (C=O) groups excluding carboxylic acids is 1. The fourth-order valence-corrected chi connectivity index (χ4v) is 6.08. The Morgan fingerprint density at radius 1 is 0.571 bits per heavy atom. The van der Waals surface area contributed by atoms with E-state index in [-0.39, 0.29) is 25.8 Å². The Morgan fingerprint density at radius 3 is 1.55 bits per heavy atom. The van der Waals surface area contributed by atoms with Crippen LogP contribution in [-0.2, 0) is 27.9 Å². The number of unbranched alkanes of at least 4 members (excludes halogenated alkanes) is 11. The first-order chi connectivity index (χ1) is 27.1. The van der Waals surface area contributed by atoms with E-state index in [9.17, 15) is 14.3 Å². The summed E-state index contributed by atoms with van der Waals surface area (Å²) in [7, 11) is 1.32. The summed E-state index contributed by atoms with van der Waals surface area (Å²) in [4.78, 5) is 24.9. The molecule has 0 aliphatic rings. The van der Waals surface area contributed by atoms with Gasteiger partial charge in [0.1, 0.15) is 19.3 Å². The molecule has 0 heterocycles. The lowest BCUT2D eigenvalue weighted by Gasteiger charge is -2.28. The second-order valence-electron chi connectivity index (χ2n) is 15.3. The van der Waals surface area contributed by atoms with Gasteiger partial charge in [-0.05, 0) is 70.6 Å². The third kappa shape index (κ3) is 42.8. The third-order valence-electron chi connectivity index (χ3n) is 8.71. The van der Waals surface area contributed by atoms with Gasteiger partial charge in [0.15, 0.2) is 0 Å². The average Bonchev–Trinajstić information content (AvgIpc) is 3.15. The molecule has 9 heteroatoms. The molecule has 0 rings (SSSR count). The topological polar surface area (TPSA) is 94.1 Å². The first-order valence-corrected chi connectivity index (χ1v) is 23.3. The van der Waals surface area contributed by atoms with E-state index in [1.807, 2.05) is 21.1 Å². The SMILES string of the molecule is CC/C=C\C/C=C\C/C=C\C/C=C\C/C=C\C/C=C\C/C=C\CCCCCCOCC(COP(=O)([O-])OCC[N+](C)(C)C)OC(=O)CCCCCCCCCC. The maximum absolute atomic E-state index is 12.6. The Labute approximate surface area is 344 Å². The molecule has 0 aromatic rings. The highest BCUT2D eigenvalue weighted by molar-refractivity contribution is 7.45. The van der Waals surface area contributed by atoms with Crippen LogP contribution < -0.4 is 4.89 Å². The summed E-state index contributed by atoms with van der Waals surface area (Å²) in [5.41, 5.74) is 0. The smallest absolute Gasteiger partial charge is 0.306 e. The molecule has 0 saturated heterocycles. The van der Waals surface area contributed by atoms with Crippen LogP contribution in [0.4, 0.5) is 0 Å².